The van der Waals surface area contributed by atoms with E-state index in [1.54, 1.807) is 14.2 Å². The molecular weight excluding hydrogens is 136 g/mol. The molecule has 1 aliphatic rings. The average Bonchev–Trinajstić information content (AvgIpc) is 2.20. The van der Waals surface area contributed by atoms with Crippen LogP contribution in [0.25, 0.3) is 0 Å². The number of rotatable bonds is 0. The number of hydrogen-bond donors (Lipinski definition) is 0. The van der Waals surface area contributed by atoms with Gasteiger partial charge in [0.1, 0.15) is 0 Å². The Kier molecular flexibility index (Phi) is 6.55. The van der Waals surface area contributed by atoms with Gasteiger partial charge in [-0.2, -0.15) is 0 Å². The molecule has 2 heteroatoms. The van der Waals surface area contributed by atoms with E-state index < -0.39 is 0 Å². The highest BCUT2D eigenvalue weighted by Crippen LogP contribution is 2.22. The fourth-order valence-corrected chi connectivity index (χ4v) is 1.18. The first-order valence-electron chi connectivity index (χ1n) is 3.35. The van der Waals surface area contributed by atoms with Crippen molar-refractivity contribution in [1.29, 1.82) is 0 Å². The van der Waals surface area contributed by atoms with Crippen molar-refractivity contribution in [3.05, 3.63) is 0 Å². The summed E-state index contributed by atoms with van der Waals surface area (Å²) in [6, 6.07) is 0. The van der Waals surface area contributed by atoms with Crippen LogP contribution in [-0.4, -0.2) is 19.6 Å². The summed E-state index contributed by atoms with van der Waals surface area (Å²) in [5, 5.41) is 0.519. The molecule has 1 saturated carbocycles. The number of halogens is 1. The second-order valence-corrected chi connectivity index (χ2v) is 2.91. The van der Waals surface area contributed by atoms with Crippen LogP contribution in [0, 0.1) is 0 Å². The van der Waals surface area contributed by atoms with Gasteiger partial charge in [0.15, 0.2) is 0 Å². The number of hydrogen-bond acceptors (Lipinski definition) is 1. The summed E-state index contributed by atoms with van der Waals surface area (Å²) >= 11 is 5.71. The van der Waals surface area contributed by atoms with Crippen LogP contribution in [-0.2, 0) is 4.74 Å². The molecule has 1 fully saturated rings. The molecule has 0 aliphatic heterocycles. The molecule has 1 aliphatic carbocycles. The van der Waals surface area contributed by atoms with Crippen molar-refractivity contribution >= 4 is 11.6 Å². The summed E-state index contributed by atoms with van der Waals surface area (Å²) in [6.07, 6.45) is 5.21. The molecule has 0 unspecified atom stereocenters. The number of methoxy groups -OCH3 is 1. The van der Waals surface area contributed by atoms with Crippen molar-refractivity contribution in [2.75, 3.05) is 14.2 Å². The molecular formula is C7H16ClO+. The molecule has 1 rings (SSSR count). The SMILES string of the molecule is COC.ClC1CCCC1.[H+]. The third kappa shape index (κ3) is 6.13. The zero-order valence-electron chi connectivity index (χ0n) is 7.19. The highest BCUT2D eigenvalue weighted by Gasteiger charge is 2.09. The summed E-state index contributed by atoms with van der Waals surface area (Å²) < 4.78 is 4.25. The van der Waals surface area contributed by atoms with Crippen molar-refractivity contribution in [1.82, 2.24) is 0 Å². The summed E-state index contributed by atoms with van der Waals surface area (Å²) in [7, 11) is 3.25. The average molecular weight is 152 g/mol. The van der Waals surface area contributed by atoms with Crippen LogP contribution in [0.5, 0.6) is 0 Å². The normalized spacial score (nSPS) is 19.0. The van der Waals surface area contributed by atoms with E-state index >= 15 is 0 Å². The molecule has 0 aromatic carbocycles. The predicted octanol–water partition coefficient (Wildman–Crippen LogP) is 2.54. The molecule has 0 radical (unpaired) electrons. The van der Waals surface area contributed by atoms with Gasteiger partial charge in [-0.25, -0.2) is 0 Å². The molecule has 56 valence electrons. The van der Waals surface area contributed by atoms with Crippen molar-refractivity contribution in [2.24, 2.45) is 0 Å². The largest absolute Gasteiger partial charge is 1.00 e. The molecule has 0 aromatic heterocycles. The lowest BCUT2D eigenvalue weighted by Crippen LogP contribution is -1.83. The van der Waals surface area contributed by atoms with Crippen LogP contribution in [0.1, 0.15) is 27.1 Å². The second-order valence-electron chi connectivity index (χ2n) is 2.29. The van der Waals surface area contributed by atoms with Crippen LogP contribution in [0.2, 0.25) is 0 Å². The maximum absolute atomic E-state index is 5.71. The summed E-state index contributed by atoms with van der Waals surface area (Å²) in [6.45, 7) is 0. The maximum atomic E-state index is 5.71. The van der Waals surface area contributed by atoms with Gasteiger partial charge >= 0.3 is 1.43 Å². The molecule has 1 nitrogen and oxygen atoms in total. The van der Waals surface area contributed by atoms with Gasteiger partial charge in [0.25, 0.3) is 0 Å². The highest BCUT2D eigenvalue weighted by molar-refractivity contribution is 6.20. The molecule has 0 spiro atoms. The van der Waals surface area contributed by atoms with E-state index in [0.717, 1.165) is 0 Å². The van der Waals surface area contributed by atoms with Gasteiger partial charge in [0.05, 0.1) is 0 Å². The van der Waals surface area contributed by atoms with E-state index in [0.29, 0.717) is 5.38 Å². The third-order valence-electron chi connectivity index (χ3n) is 1.28. The molecule has 0 amide bonds. The second kappa shape index (κ2) is 6.37. The molecule has 0 N–H and O–H groups in total. The molecule has 0 atom stereocenters. The molecule has 0 bridgehead atoms. The molecule has 0 heterocycles. The van der Waals surface area contributed by atoms with Gasteiger partial charge < -0.3 is 4.74 Å². The van der Waals surface area contributed by atoms with Crippen LogP contribution < -0.4 is 0 Å². The number of ether oxygens (including phenoxy) is 1. The standard InChI is InChI=1S/C5H9Cl.C2H6O/c6-5-3-1-2-4-5;1-3-2/h5H,1-4H2;1-2H3/p+1. The van der Waals surface area contributed by atoms with Gasteiger partial charge in [-0.05, 0) is 12.8 Å². The third-order valence-corrected chi connectivity index (χ3v) is 1.72. The molecule has 0 aromatic rings. The van der Waals surface area contributed by atoms with Crippen molar-refractivity contribution < 1.29 is 6.16 Å². The van der Waals surface area contributed by atoms with E-state index in [1.165, 1.54) is 25.7 Å². The minimum absolute atomic E-state index is 0. The lowest BCUT2D eigenvalue weighted by Gasteiger charge is -1.88. The Morgan fingerprint density at radius 2 is 1.67 bits per heavy atom. The van der Waals surface area contributed by atoms with E-state index in [1.807, 2.05) is 0 Å². The van der Waals surface area contributed by atoms with Gasteiger partial charge in [-0.15, -0.1) is 11.6 Å². The van der Waals surface area contributed by atoms with Gasteiger partial charge in [-0.3, -0.25) is 0 Å². The summed E-state index contributed by atoms with van der Waals surface area (Å²) in [4.78, 5) is 0. The summed E-state index contributed by atoms with van der Waals surface area (Å²) in [5.41, 5.74) is 0. The maximum Gasteiger partial charge on any atom is 1.00 e. The van der Waals surface area contributed by atoms with E-state index in [9.17, 15) is 0 Å². The molecule has 9 heavy (non-hydrogen) atoms. The Balaban J connectivity index is 0. The fraction of sp³-hybridized carbons (Fsp3) is 1.00. The monoisotopic (exact) mass is 151 g/mol. The van der Waals surface area contributed by atoms with Crippen LogP contribution in [0.15, 0.2) is 0 Å². The first-order valence-corrected chi connectivity index (χ1v) is 3.79. The summed E-state index contributed by atoms with van der Waals surface area (Å²) in [5.74, 6) is 0. The van der Waals surface area contributed by atoms with Crippen LogP contribution in [0.4, 0.5) is 0 Å². The number of alkyl halides is 1. The van der Waals surface area contributed by atoms with Crippen molar-refractivity contribution in [3.8, 4) is 0 Å². The Labute approximate surface area is 63.8 Å². The lowest BCUT2D eigenvalue weighted by molar-refractivity contribution is 0.277. The fourth-order valence-electron chi connectivity index (χ4n) is 0.876. The smallest absolute Gasteiger partial charge is 0.388 e. The lowest BCUT2D eigenvalue weighted by atomic mass is 10.4. The zero-order chi connectivity index (χ0) is 7.11. The predicted molar refractivity (Wildman–Crippen MR) is 42.2 cm³/mol. The minimum Gasteiger partial charge on any atom is -0.388 e. The van der Waals surface area contributed by atoms with E-state index in [-0.39, 0.29) is 1.43 Å². The zero-order valence-corrected chi connectivity index (χ0v) is 6.95. The minimum atomic E-state index is 0. The first kappa shape index (κ1) is 9.25. The van der Waals surface area contributed by atoms with Gasteiger partial charge in [0, 0.05) is 19.6 Å². The van der Waals surface area contributed by atoms with Crippen molar-refractivity contribution in [2.45, 2.75) is 31.1 Å². The van der Waals surface area contributed by atoms with E-state index in [4.69, 9.17) is 11.6 Å². The Bertz CT molecular complexity index is 55.6. The van der Waals surface area contributed by atoms with Crippen LogP contribution in [0.3, 0.4) is 0 Å². The van der Waals surface area contributed by atoms with Gasteiger partial charge in [-0.1, -0.05) is 12.8 Å². The van der Waals surface area contributed by atoms with E-state index in [2.05, 4.69) is 4.74 Å². The highest BCUT2D eigenvalue weighted by atomic mass is 35.5. The Morgan fingerprint density at radius 1 is 1.33 bits per heavy atom. The van der Waals surface area contributed by atoms with Crippen LogP contribution >= 0.6 is 11.6 Å². The Hall–Kier alpha value is 0.250. The van der Waals surface area contributed by atoms with Gasteiger partial charge in [0.2, 0.25) is 0 Å². The topological polar surface area (TPSA) is 9.23 Å². The Morgan fingerprint density at radius 3 is 1.78 bits per heavy atom. The molecule has 0 saturated heterocycles. The van der Waals surface area contributed by atoms with Crippen molar-refractivity contribution in [3.63, 3.8) is 0 Å². The quantitative estimate of drug-likeness (QED) is 0.484. The first-order chi connectivity index (χ1) is 4.31.